The van der Waals surface area contributed by atoms with E-state index in [1.165, 1.54) is 42.5 Å². The maximum Gasteiger partial charge on any atom is 0.593 e. The summed E-state index contributed by atoms with van der Waals surface area (Å²) < 4.78 is 78.0. The van der Waals surface area contributed by atoms with E-state index in [1.807, 2.05) is 0 Å². The lowest BCUT2D eigenvalue weighted by Gasteiger charge is -2.31. The molecule has 1 heterocycles. The molecule has 1 atom stereocenters. The van der Waals surface area contributed by atoms with E-state index in [0.717, 1.165) is 6.21 Å². The van der Waals surface area contributed by atoms with E-state index in [4.69, 9.17) is 23.2 Å². The normalized spacial score (nSPS) is 19.9. The van der Waals surface area contributed by atoms with Crippen LogP contribution in [0.4, 0.5) is 26.3 Å². The molecule has 3 rings (SSSR count). The Bertz CT molecular complexity index is 966. The molecule has 1 aliphatic rings. The van der Waals surface area contributed by atoms with Gasteiger partial charge >= 0.3 is 12.5 Å². The number of hydrogen-bond acceptors (Lipinski definition) is 3. The molecular formula is C19H12Cl2F6N2O. The molecule has 3 nitrogen and oxygen atoms in total. The molecule has 0 fully saturated rings. The zero-order valence-electron chi connectivity index (χ0n) is 14.9. The Morgan fingerprint density at radius 1 is 0.967 bits per heavy atom. The van der Waals surface area contributed by atoms with E-state index >= 15 is 0 Å². The largest absolute Gasteiger partial charge is 0.593 e. The fourth-order valence-corrected chi connectivity index (χ4v) is 3.63. The molecule has 0 aromatic heterocycles. The van der Waals surface area contributed by atoms with Crippen LogP contribution in [0.3, 0.4) is 0 Å². The van der Waals surface area contributed by atoms with Crippen molar-refractivity contribution in [2.45, 2.75) is 24.4 Å². The molecule has 1 aliphatic heterocycles. The summed E-state index contributed by atoms with van der Waals surface area (Å²) in [4.78, 5) is 7.38. The number of oxime groups is 1. The zero-order chi connectivity index (χ0) is 22.2. The number of aliphatic imine (C=N–C) groups is 1. The van der Waals surface area contributed by atoms with E-state index in [9.17, 15) is 26.3 Å². The van der Waals surface area contributed by atoms with Crippen molar-refractivity contribution >= 4 is 35.1 Å². The fraction of sp³-hybridized carbons (Fsp3) is 0.263. The van der Waals surface area contributed by atoms with E-state index in [0.29, 0.717) is 5.56 Å². The molecule has 160 valence electrons. The predicted molar refractivity (Wildman–Crippen MR) is 101 cm³/mol. The molecular weight excluding hydrogens is 457 g/mol. The van der Waals surface area contributed by atoms with Crippen molar-refractivity contribution in [2.75, 3.05) is 6.54 Å². The molecule has 2 aromatic carbocycles. The van der Waals surface area contributed by atoms with Crippen molar-refractivity contribution in [1.82, 2.24) is 0 Å². The summed E-state index contributed by atoms with van der Waals surface area (Å²) in [5, 5.41) is 2.96. The third-order valence-corrected chi connectivity index (χ3v) is 5.01. The quantitative estimate of drug-likeness (QED) is 0.284. The fourth-order valence-electron chi connectivity index (χ4n) is 3.11. The first-order chi connectivity index (χ1) is 13.9. The van der Waals surface area contributed by atoms with E-state index < -0.39 is 30.9 Å². The van der Waals surface area contributed by atoms with Crippen molar-refractivity contribution in [2.24, 2.45) is 10.1 Å². The van der Waals surface area contributed by atoms with E-state index in [1.54, 1.807) is 0 Å². The molecule has 0 amide bonds. The minimum absolute atomic E-state index is 0.0827. The van der Waals surface area contributed by atoms with E-state index in [2.05, 4.69) is 15.0 Å². The summed E-state index contributed by atoms with van der Waals surface area (Å²) in [5.41, 5.74) is -1.48. The van der Waals surface area contributed by atoms with Crippen LogP contribution in [-0.2, 0) is 10.3 Å². The second-order valence-corrected chi connectivity index (χ2v) is 7.44. The van der Waals surface area contributed by atoms with E-state index in [-0.39, 0.29) is 26.9 Å². The van der Waals surface area contributed by atoms with Crippen LogP contribution in [0, 0.1) is 0 Å². The van der Waals surface area contributed by atoms with Crippen LogP contribution >= 0.6 is 23.2 Å². The lowest BCUT2D eigenvalue weighted by atomic mass is 9.76. The number of nitrogens with zero attached hydrogens (tertiary/aromatic N) is 2. The van der Waals surface area contributed by atoms with Crippen LogP contribution in [0.5, 0.6) is 0 Å². The van der Waals surface area contributed by atoms with Gasteiger partial charge in [0.05, 0.1) is 12.8 Å². The van der Waals surface area contributed by atoms with Crippen molar-refractivity contribution < 1.29 is 31.2 Å². The average Bonchev–Trinajstić information content (AvgIpc) is 3.07. The van der Waals surface area contributed by atoms with Crippen LogP contribution in [0.1, 0.15) is 23.1 Å². The maximum atomic E-state index is 14.1. The minimum Gasteiger partial charge on any atom is -0.294 e. The predicted octanol–water partition coefficient (Wildman–Crippen LogP) is 6.56. The van der Waals surface area contributed by atoms with Crippen molar-refractivity contribution in [1.29, 1.82) is 0 Å². The summed E-state index contributed by atoms with van der Waals surface area (Å²) in [5.74, 6) is 0. The SMILES string of the molecule is FC(F)(F)O/N=C/c1ccc(C2=NCC(c3cc(Cl)cc(Cl)c3)(C(F)(F)F)C2)cc1. The highest BCUT2D eigenvalue weighted by Gasteiger charge is 2.58. The number of rotatable bonds is 4. The van der Waals surface area contributed by atoms with Crippen molar-refractivity contribution in [3.8, 4) is 0 Å². The highest BCUT2D eigenvalue weighted by Crippen LogP contribution is 2.48. The van der Waals surface area contributed by atoms with Gasteiger partial charge in [0, 0.05) is 22.2 Å². The first-order valence-electron chi connectivity index (χ1n) is 8.35. The summed E-state index contributed by atoms with van der Waals surface area (Å²) in [6, 6.07) is 9.47. The molecule has 0 saturated carbocycles. The van der Waals surface area contributed by atoms with Crippen LogP contribution in [-0.4, -0.2) is 31.0 Å². The Morgan fingerprint density at radius 2 is 1.57 bits per heavy atom. The molecule has 30 heavy (non-hydrogen) atoms. The monoisotopic (exact) mass is 468 g/mol. The second-order valence-electron chi connectivity index (χ2n) is 6.57. The lowest BCUT2D eigenvalue weighted by molar-refractivity contribution is -0.325. The summed E-state index contributed by atoms with van der Waals surface area (Å²) in [7, 11) is 0. The van der Waals surface area contributed by atoms with Crippen LogP contribution in [0.15, 0.2) is 52.6 Å². The Morgan fingerprint density at radius 3 is 2.10 bits per heavy atom. The third kappa shape index (κ3) is 4.89. The van der Waals surface area contributed by atoms with Crippen LogP contribution < -0.4 is 0 Å². The van der Waals surface area contributed by atoms with Gasteiger partial charge in [0.15, 0.2) is 0 Å². The number of hydrogen-bond donors (Lipinski definition) is 0. The molecule has 2 aromatic rings. The number of halogens is 8. The van der Waals surface area contributed by atoms with Gasteiger partial charge in [-0.15, -0.1) is 13.2 Å². The Balaban J connectivity index is 1.84. The number of benzene rings is 2. The van der Waals surface area contributed by atoms with Gasteiger partial charge in [-0.25, -0.2) is 0 Å². The Labute approximate surface area is 176 Å². The smallest absolute Gasteiger partial charge is 0.294 e. The van der Waals surface area contributed by atoms with Gasteiger partial charge in [0.1, 0.15) is 5.41 Å². The topological polar surface area (TPSA) is 34.0 Å². The number of alkyl halides is 6. The second kappa shape index (κ2) is 8.11. The first kappa shape index (κ1) is 22.4. The van der Waals surface area contributed by atoms with Gasteiger partial charge in [-0.2, -0.15) is 13.2 Å². The van der Waals surface area contributed by atoms with Crippen molar-refractivity contribution in [3.63, 3.8) is 0 Å². The maximum absolute atomic E-state index is 14.1. The Kier molecular flexibility index (Phi) is 6.06. The van der Waals surface area contributed by atoms with Crippen LogP contribution in [0.25, 0.3) is 0 Å². The molecule has 0 bridgehead atoms. The third-order valence-electron chi connectivity index (χ3n) is 4.57. The minimum atomic E-state index is -4.90. The van der Waals surface area contributed by atoms with Gasteiger partial charge in [-0.05, 0) is 34.9 Å². The summed E-state index contributed by atoms with van der Waals surface area (Å²) >= 11 is 11.8. The van der Waals surface area contributed by atoms with Crippen molar-refractivity contribution in [3.05, 3.63) is 69.2 Å². The molecule has 0 aliphatic carbocycles. The molecule has 0 saturated heterocycles. The molecule has 11 heteroatoms. The van der Waals surface area contributed by atoms with Gasteiger partial charge in [0.2, 0.25) is 0 Å². The van der Waals surface area contributed by atoms with Gasteiger partial charge in [-0.1, -0.05) is 52.6 Å². The molecule has 1 unspecified atom stereocenters. The Hall–Kier alpha value is -2.26. The van der Waals surface area contributed by atoms with Gasteiger partial charge in [-0.3, -0.25) is 9.83 Å². The summed E-state index contributed by atoms with van der Waals surface area (Å²) in [6.07, 6.45) is -9.12. The average molecular weight is 469 g/mol. The lowest BCUT2D eigenvalue weighted by Crippen LogP contribution is -2.43. The van der Waals surface area contributed by atoms with Crippen LogP contribution in [0.2, 0.25) is 10.0 Å². The zero-order valence-corrected chi connectivity index (χ0v) is 16.4. The highest BCUT2D eigenvalue weighted by atomic mass is 35.5. The molecule has 0 radical (unpaired) electrons. The highest BCUT2D eigenvalue weighted by molar-refractivity contribution is 6.34. The standard InChI is InChI=1S/C19H12Cl2F6N2O/c20-14-5-13(6-15(21)7-14)17(18(22,23)24)8-16(28-10-17)12-3-1-11(2-4-12)9-29-30-19(25,26)27/h1-7,9H,8,10H2/b29-9+. The molecule has 0 N–H and O–H groups in total. The molecule has 0 spiro atoms. The first-order valence-corrected chi connectivity index (χ1v) is 9.11. The summed E-state index contributed by atoms with van der Waals surface area (Å²) in [6.45, 7) is -0.537. The van der Waals surface area contributed by atoms with Gasteiger partial charge < -0.3 is 0 Å². The van der Waals surface area contributed by atoms with Gasteiger partial charge in [0.25, 0.3) is 0 Å².